The van der Waals surface area contributed by atoms with Crippen LogP contribution in [0.25, 0.3) is 0 Å². The number of amides is 1. The lowest BCUT2D eigenvalue weighted by molar-refractivity contribution is -0.120. The first kappa shape index (κ1) is 14.8. The van der Waals surface area contributed by atoms with Crippen LogP contribution < -0.4 is 4.90 Å². The Morgan fingerprint density at radius 2 is 1.95 bits per heavy atom. The van der Waals surface area contributed by atoms with Crippen molar-refractivity contribution in [1.29, 1.82) is 0 Å². The minimum Gasteiger partial charge on any atom is -0.394 e. The third-order valence-corrected chi connectivity index (χ3v) is 3.93. The topological polar surface area (TPSA) is 52.9 Å². The molecule has 0 unspecified atom stereocenters. The van der Waals surface area contributed by atoms with E-state index in [0.29, 0.717) is 10.7 Å². The first-order valence-electron chi connectivity index (χ1n) is 6.93. The summed E-state index contributed by atoms with van der Waals surface area (Å²) in [6.07, 6.45) is 0. The fourth-order valence-electron chi connectivity index (χ4n) is 2.56. The summed E-state index contributed by atoms with van der Waals surface area (Å²) in [5, 5.41) is 10.1. The normalized spacial score (nSPS) is 17.8. The minimum absolute atomic E-state index is 0.239. The predicted octanol–water partition coefficient (Wildman–Crippen LogP) is 2.51. The quantitative estimate of drug-likeness (QED) is 0.926. The van der Waals surface area contributed by atoms with Crippen molar-refractivity contribution in [2.45, 2.75) is 6.04 Å². The van der Waals surface area contributed by atoms with E-state index in [4.69, 9.17) is 11.6 Å². The second kappa shape index (κ2) is 5.91. The number of halogens is 1. The van der Waals surface area contributed by atoms with Crippen LogP contribution in [-0.2, 0) is 4.79 Å². The average Bonchev–Trinajstić information content (AvgIpc) is 2.64. The highest BCUT2D eigenvalue weighted by atomic mass is 35.5. The molecule has 0 saturated carbocycles. The molecule has 112 valence electrons. The number of benzodiazepines with no additional fused rings is 1. The SMILES string of the molecule is CN1C(=O)[C@H](CO)N=C(c2ccccc2)c2cc(Cl)ccc21. The smallest absolute Gasteiger partial charge is 0.253 e. The van der Waals surface area contributed by atoms with Crippen LogP contribution in [0.1, 0.15) is 11.1 Å². The highest BCUT2D eigenvalue weighted by Crippen LogP contribution is 2.30. The molecular weight excluding hydrogens is 300 g/mol. The maximum absolute atomic E-state index is 12.4. The summed E-state index contributed by atoms with van der Waals surface area (Å²) >= 11 is 6.13. The van der Waals surface area contributed by atoms with Crippen LogP contribution >= 0.6 is 11.6 Å². The molecule has 0 bridgehead atoms. The Kier molecular flexibility index (Phi) is 3.96. The molecule has 1 amide bonds. The number of benzene rings is 2. The van der Waals surface area contributed by atoms with Gasteiger partial charge in [0.05, 0.1) is 18.0 Å². The van der Waals surface area contributed by atoms with Crippen molar-refractivity contribution in [3.8, 4) is 0 Å². The summed E-state index contributed by atoms with van der Waals surface area (Å²) in [5.74, 6) is -0.239. The van der Waals surface area contributed by atoms with Crippen LogP contribution in [0.5, 0.6) is 0 Å². The van der Waals surface area contributed by atoms with E-state index in [1.54, 1.807) is 25.2 Å². The molecule has 3 rings (SSSR count). The maximum Gasteiger partial charge on any atom is 0.253 e. The van der Waals surface area contributed by atoms with Gasteiger partial charge in [-0.2, -0.15) is 0 Å². The molecule has 2 aromatic carbocycles. The summed E-state index contributed by atoms with van der Waals surface area (Å²) in [5.41, 5.74) is 3.06. The van der Waals surface area contributed by atoms with E-state index in [1.807, 2.05) is 30.3 Å². The Morgan fingerprint density at radius 3 is 2.64 bits per heavy atom. The van der Waals surface area contributed by atoms with Gasteiger partial charge < -0.3 is 10.0 Å². The number of rotatable bonds is 2. The van der Waals surface area contributed by atoms with Gasteiger partial charge in [0.2, 0.25) is 0 Å². The summed E-state index contributed by atoms with van der Waals surface area (Å²) in [6.45, 7) is -0.332. The number of anilines is 1. The molecule has 0 aliphatic carbocycles. The number of fused-ring (bicyclic) bond motifs is 1. The van der Waals surface area contributed by atoms with E-state index < -0.39 is 6.04 Å². The van der Waals surface area contributed by atoms with Crippen LogP contribution in [0.15, 0.2) is 53.5 Å². The second-order valence-electron chi connectivity index (χ2n) is 5.10. The van der Waals surface area contributed by atoms with Gasteiger partial charge in [0.25, 0.3) is 5.91 Å². The lowest BCUT2D eigenvalue weighted by atomic mass is 10.0. The first-order chi connectivity index (χ1) is 10.6. The van der Waals surface area contributed by atoms with E-state index in [2.05, 4.69) is 4.99 Å². The van der Waals surface area contributed by atoms with Gasteiger partial charge in [-0.05, 0) is 18.2 Å². The molecular formula is C17H15ClN2O2. The van der Waals surface area contributed by atoms with Gasteiger partial charge in [-0.3, -0.25) is 9.79 Å². The molecule has 2 aromatic rings. The summed E-state index contributed by atoms with van der Waals surface area (Å²) in [6, 6.07) is 14.1. The van der Waals surface area contributed by atoms with Crippen LogP contribution in [0.4, 0.5) is 5.69 Å². The lowest BCUT2D eigenvalue weighted by Gasteiger charge is -2.19. The third kappa shape index (κ3) is 2.51. The van der Waals surface area contributed by atoms with Gasteiger partial charge in [-0.15, -0.1) is 0 Å². The van der Waals surface area contributed by atoms with Crippen LogP contribution in [-0.4, -0.2) is 36.4 Å². The van der Waals surface area contributed by atoms with Crippen molar-refractivity contribution >= 4 is 28.9 Å². The van der Waals surface area contributed by atoms with Crippen molar-refractivity contribution in [3.05, 3.63) is 64.7 Å². The number of aliphatic imine (C=N–C) groups is 1. The molecule has 5 heteroatoms. The Labute approximate surface area is 133 Å². The zero-order valence-electron chi connectivity index (χ0n) is 12.0. The Hall–Kier alpha value is -2.17. The van der Waals surface area contributed by atoms with E-state index in [9.17, 15) is 9.90 Å². The van der Waals surface area contributed by atoms with Crippen molar-refractivity contribution < 1.29 is 9.90 Å². The molecule has 4 nitrogen and oxygen atoms in total. The lowest BCUT2D eigenvalue weighted by Crippen LogP contribution is -2.36. The number of carbonyl (C=O) groups excluding carboxylic acids is 1. The summed E-state index contributed by atoms with van der Waals surface area (Å²) in [7, 11) is 1.68. The van der Waals surface area contributed by atoms with Gasteiger partial charge in [-0.25, -0.2) is 0 Å². The highest BCUT2D eigenvalue weighted by molar-refractivity contribution is 6.32. The van der Waals surface area contributed by atoms with Crippen LogP contribution in [0.2, 0.25) is 5.02 Å². The zero-order valence-corrected chi connectivity index (χ0v) is 12.8. The molecule has 1 heterocycles. The van der Waals surface area contributed by atoms with Crippen molar-refractivity contribution in [2.24, 2.45) is 4.99 Å². The molecule has 0 fully saturated rings. The first-order valence-corrected chi connectivity index (χ1v) is 7.31. The standard InChI is InChI=1S/C17H15ClN2O2/c1-20-15-8-7-12(18)9-13(15)16(11-5-3-2-4-6-11)19-14(10-21)17(20)22/h2-9,14,21H,10H2,1H3/t14-/m0/s1. The van der Waals surface area contributed by atoms with Crippen LogP contribution in [0, 0.1) is 0 Å². The largest absolute Gasteiger partial charge is 0.394 e. The third-order valence-electron chi connectivity index (χ3n) is 3.70. The highest BCUT2D eigenvalue weighted by Gasteiger charge is 2.29. The molecule has 1 aliphatic heterocycles. The van der Waals surface area contributed by atoms with Crippen molar-refractivity contribution in [2.75, 3.05) is 18.6 Å². The number of nitrogens with zero attached hydrogens (tertiary/aromatic N) is 2. The van der Waals surface area contributed by atoms with Crippen molar-refractivity contribution in [3.63, 3.8) is 0 Å². The second-order valence-corrected chi connectivity index (χ2v) is 5.54. The summed E-state index contributed by atoms with van der Waals surface area (Å²) in [4.78, 5) is 18.4. The number of hydrogen-bond acceptors (Lipinski definition) is 3. The predicted molar refractivity (Wildman–Crippen MR) is 87.8 cm³/mol. The molecule has 1 aliphatic rings. The molecule has 0 saturated heterocycles. The number of aliphatic hydroxyl groups is 1. The van der Waals surface area contributed by atoms with E-state index in [1.165, 1.54) is 4.90 Å². The molecule has 0 radical (unpaired) electrons. The van der Waals surface area contributed by atoms with Crippen LogP contribution in [0.3, 0.4) is 0 Å². The van der Waals surface area contributed by atoms with Gasteiger partial charge in [0.1, 0.15) is 0 Å². The number of aliphatic hydroxyl groups excluding tert-OH is 1. The van der Waals surface area contributed by atoms with Gasteiger partial charge in [0, 0.05) is 23.2 Å². The maximum atomic E-state index is 12.4. The monoisotopic (exact) mass is 314 g/mol. The van der Waals surface area contributed by atoms with Gasteiger partial charge >= 0.3 is 0 Å². The summed E-state index contributed by atoms with van der Waals surface area (Å²) < 4.78 is 0. The van der Waals surface area contributed by atoms with E-state index >= 15 is 0 Å². The average molecular weight is 315 g/mol. The Balaban J connectivity index is 2.27. The molecule has 0 aromatic heterocycles. The van der Waals surface area contributed by atoms with Gasteiger partial charge in [0.15, 0.2) is 6.04 Å². The number of carbonyl (C=O) groups is 1. The molecule has 1 atom stereocenters. The molecule has 1 N–H and O–H groups in total. The molecule has 0 spiro atoms. The van der Waals surface area contributed by atoms with E-state index in [0.717, 1.165) is 16.8 Å². The van der Waals surface area contributed by atoms with Crippen molar-refractivity contribution in [1.82, 2.24) is 0 Å². The van der Waals surface area contributed by atoms with Gasteiger partial charge in [-0.1, -0.05) is 41.9 Å². The fourth-order valence-corrected chi connectivity index (χ4v) is 2.73. The van der Waals surface area contributed by atoms with E-state index in [-0.39, 0.29) is 12.5 Å². The molecule has 22 heavy (non-hydrogen) atoms. The zero-order chi connectivity index (χ0) is 15.7. The number of hydrogen-bond donors (Lipinski definition) is 1. The Morgan fingerprint density at radius 1 is 1.23 bits per heavy atom. The fraction of sp³-hybridized carbons (Fsp3) is 0.176. The Bertz CT molecular complexity index is 744. The minimum atomic E-state index is -0.814. The number of likely N-dealkylation sites (N-methyl/N-ethyl adjacent to an activating group) is 1.